The summed E-state index contributed by atoms with van der Waals surface area (Å²) in [6, 6.07) is 17.4. The van der Waals surface area contributed by atoms with Crippen molar-refractivity contribution in [2.24, 2.45) is 0 Å². The van der Waals surface area contributed by atoms with E-state index in [2.05, 4.69) is 15.6 Å². The van der Waals surface area contributed by atoms with Crippen LogP contribution in [-0.4, -0.2) is 47.8 Å². The topological polar surface area (TPSA) is 155 Å². The summed E-state index contributed by atoms with van der Waals surface area (Å²) in [5.74, 6) is -0.317. The third kappa shape index (κ3) is 10.9. The van der Waals surface area contributed by atoms with Crippen molar-refractivity contribution in [3.63, 3.8) is 0 Å². The largest absolute Gasteiger partial charge is 0.387 e. The summed E-state index contributed by atoms with van der Waals surface area (Å²) in [6.45, 7) is 2.65. The van der Waals surface area contributed by atoms with Gasteiger partial charge in [0.25, 0.3) is 10.1 Å². The summed E-state index contributed by atoms with van der Waals surface area (Å²) >= 11 is 1.33. The first kappa shape index (κ1) is 27.4. The van der Waals surface area contributed by atoms with E-state index in [9.17, 15) is 18.3 Å². The van der Waals surface area contributed by atoms with Crippen LogP contribution in [0.2, 0.25) is 0 Å². The molecule has 3 aromatic rings. The van der Waals surface area contributed by atoms with Crippen LogP contribution in [0.5, 0.6) is 0 Å². The summed E-state index contributed by atoms with van der Waals surface area (Å²) in [6.07, 6.45) is 0.545. The van der Waals surface area contributed by atoms with Crippen molar-refractivity contribution >= 4 is 38.2 Å². The zero-order valence-electron chi connectivity index (χ0n) is 18.8. The molecule has 0 aliphatic carbocycles. The van der Waals surface area contributed by atoms with Gasteiger partial charge < -0.3 is 21.5 Å². The number of amides is 1. The summed E-state index contributed by atoms with van der Waals surface area (Å²) in [4.78, 5) is 16.1. The molecule has 1 atom stereocenters. The summed E-state index contributed by atoms with van der Waals surface area (Å²) < 4.78 is 26.9. The Morgan fingerprint density at radius 2 is 1.79 bits per heavy atom. The van der Waals surface area contributed by atoms with E-state index in [4.69, 9.17) is 10.3 Å². The molecule has 3 rings (SSSR count). The molecule has 1 heterocycles. The summed E-state index contributed by atoms with van der Waals surface area (Å²) in [7, 11) is -3.66. The lowest BCUT2D eigenvalue weighted by atomic mass is 10.1. The molecule has 184 valence electrons. The highest BCUT2D eigenvalue weighted by Gasteiger charge is 2.08. The van der Waals surface area contributed by atoms with E-state index in [1.807, 2.05) is 54.6 Å². The summed E-state index contributed by atoms with van der Waals surface area (Å²) in [5, 5.41) is 18.5. The second kappa shape index (κ2) is 13.8. The van der Waals surface area contributed by atoms with Crippen molar-refractivity contribution < 1.29 is 22.9 Å². The number of rotatable bonds is 10. The second-order valence-corrected chi connectivity index (χ2v) is 9.98. The van der Waals surface area contributed by atoms with Crippen LogP contribution in [0.4, 0.5) is 10.8 Å². The van der Waals surface area contributed by atoms with E-state index in [0.29, 0.717) is 17.4 Å². The van der Waals surface area contributed by atoms with Crippen molar-refractivity contribution in [1.82, 2.24) is 10.3 Å². The molecule has 34 heavy (non-hydrogen) atoms. The number of aliphatic hydroxyl groups excluding tert-OH is 1. The van der Waals surface area contributed by atoms with Crippen LogP contribution in [0.15, 0.2) is 60.0 Å². The highest BCUT2D eigenvalue weighted by Crippen LogP contribution is 2.14. The normalized spacial score (nSPS) is 11.9. The number of hydrogen-bond donors (Lipinski definition) is 5. The number of carbonyl (C=O) groups excluding carboxylic acids is 1. The monoisotopic (exact) mass is 506 g/mol. The molecular formula is C23H30N4O5S2. The van der Waals surface area contributed by atoms with Gasteiger partial charge in [-0.3, -0.25) is 9.35 Å². The molecule has 0 fully saturated rings. The minimum Gasteiger partial charge on any atom is -0.387 e. The van der Waals surface area contributed by atoms with Crippen LogP contribution < -0.4 is 16.4 Å². The zero-order chi connectivity index (χ0) is 25.0. The van der Waals surface area contributed by atoms with Gasteiger partial charge in [0.2, 0.25) is 5.91 Å². The third-order valence-electron chi connectivity index (χ3n) is 4.63. The highest BCUT2D eigenvalue weighted by molar-refractivity contribution is 7.85. The van der Waals surface area contributed by atoms with Crippen LogP contribution in [0, 0.1) is 0 Å². The Balaban J connectivity index is 0.000000604. The molecule has 6 N–H and O–H groups in total. The minimum atomic E-state index is -3.66. The fraction of sp³-hybridized carbons (Fsp3) is 0.304. The molecule has 0 saturated heterocycles. The molecule has 2 aromatic carbocycles. The van der Waals surface area contributed by atoms with Gasteiger partial charge in [0, 0.05) is 17.6 Å². The number of aliphatic hydroxyl groups is 1. The molecule has 0 saturated carbocycles. The smallest absolute Gasteiger partial charge is 0.264 e. The molecule has 1 amide bonds. The minimum absolute atomic E-state index is 0.116. The van der Waals surface area contributed by atoms with Crippen molar-refractivity contribution in [2.45, 2.75) is 25.9 Å². The van der Waals surface area contributed by atoms with Crippen LogP contribution in [0.3, 0.4) is 0 Å². The van der Waals surface area contributed by atoms with Gasteiger partial charge in [0.1, 0.15) is 0 Å². The maximum absolute atomic E-state index is 12.0. The van der Waals surface area contributed by atoms with Crippen molar-refractivity contribution in [3.8, 4) is 0 Å². The van der Waals surface area contributed by atoms with Gasteiger partial charge in [-0.2, -0.15) is 8.42 Å². The lowest BCUT2D eigenvalue weighted by Gasteiger charge is -2.12. The molecule has 0 bridgehead atoms. The molecule has 9 nitrogen and oxygen atoms in total. The average molecular weight is 507 g/mol. The van der Waals surface area contributed by atoms with Gasteiger partial charge >= 0.3 is 0 Å². The van der Waals surface area contributed by atoms with E-state index >= 15 is 0 Å². The predicted octanol–water partition coefficient (Wildman–Crippen LogP) is 2.67. The number of nitrogens with zero attached hydrogens (tertiary/aromatic N) is 1. The first-order chi connectivity index (χ1) is 16.2. The number of thiazole rings is 1. The zero-order valence-corrected chi connectivity index (χ0v) is 20.5. The maximum atomic E-state index is 12.0. The van der Waals surface area contributed by atoms with Gasteiger partial charge in [0.05, 0.1) is 24.0 Å². The highest BCUT2D eigenvalue weighted by atomic mass is 32.2. The van der Waals surface area contributed by atoms with Crippen LogP contribution in [0.1, 0.15) is 29.8 Å². The van der Waals surface area contributed by atoms with E-state index in [1.165, 1.54) is 18.3 Å². The van der Waals surface area contributed by atoms with Gasteiger partial charge in [-0.25, -0.2) is 4.98 Å². The van der Waals surface area contributed by atoms with E-state index in [-0.39, 0.29) is 18.1 Å². The average Bonchev–Trinajstić information content (AvgIpc) is 3.22. The lowest BCUT2D eigenvalue weighted by Crippen LogP contribution is -2.23. The Bertz CT molecular complexity index is 1120. The second-order valence-electron chi connectivity index (χ2n) is 7.35. The Morgan fingerprint density at radius 3 is 2.35 bits per heavy atom. The Hall–Kier alpha value is -2.83. The number of nitrogens with one attached hydrogen (secondary N) is 2. The number of nitrogen functional groups attached to an aromatic ring is 1. The van der Waals surface area contributed by atoms with Gasteiger partial charge in [0.15, 0.2) is 5.13 Å². The fourth-order valence-electron chi connectivity index (χ4n) is 2.79. The number of anilines is 2. The van der Waals surface area contributed by atoms with Crippen molar-refractivity contribution in [3.05, 3.63) is 76.8 Å². The Kier molecular flexibility index (Phi) is 11.1. The molecule has 0 radical (unpaired) electrons. The predicted molar refractivity (Wildman–Crippen MR) is 135 cm³/mol. The Labute approximate surface area is 203 Å². The third-order valence-corrected chi connectivity index (χ3v) is 6.08. The van der Waals surface area contributed by atoms with Crippen LogP contribution >= 0.6 is 11.3 Å². The molecule has 0 aliphatic heterocycles. The van der Waals surface area contributed by atoms with E-state index in [0.717, 1.165) is 29.8 Å². The maximum Gasteiger partial charge on any atom is 0.264 e. The molecule has 1 aromatic heterocycles. The quantitative estimate of drug-likeness (QED) is 0.208. The molecule has 0 unspecified atom stereocenters. The SMILES string of the molecule is CCS(=O)(=O)O.Nc1nc(CC(=O)Nc2ccc(CCNC[C@H](O)c3ccccc3)cc2)cs1. The van der Waals surface area contributed by atoms with Gasteiger partial charge in [-0.05, 0) is 43.1 Å². The van der Waals surface area contributed by atoms with Crippen LogP contribution in [-0.2, 0) is 27.8 Å². The van der Waals surface area contributed by atoms with Gasteiger partial charge in [-0.1, -0.05) is 42.5 Å². The lowest BCUT2D eigenvalue weighted by molar-refractivity contribution is -0.115. The number of aromatic nitrogens is 1. The molecule has 0 aliphatic rings. The van der Waals surface area contributed by atoms with Gasteiger partial charge in [-0.15, -0.1) is 11.3 Å². The number of benzene rings is 2. The molecule has 11 heteroatoms. The number of nitrogens with two attached hydrogens (primary N) is 1. The van der Waals surface area contributed by atoms with Crippen molar-refractivity contribution in [2.75, 3.05) is 29.9 Å². The molecular weight excluding hydrogens is 476 g/mol. The number of hydrogen-bond acceptors (Lipinski definition) is 8. The first-order valence-corrected chi connectivity index (χ1v) is 13.1. The Morgan fingerprint density at radius 1 is 1.15 bits per heavy atom. The van der Waals surface area contributed by atoms with E-state index < -0.39 is 16.2 Å². The van der Waals surface area contributed by atoms with Crippen LogP contribution in [0.25, 0.3) is 0 Å². The fourth-order valence-corrected chi connectivity index (χ4v) is 3.36. The van der Waals surface area contributed by atoms with E-state index in [1.54, 1.807) is 5.38 Å². The number of carbonyl (C=O) groups is 1. The summed E-state index contributed by atoms with van der Waals surface area (Å²) in [5.41, 5.74) is 9.08. The first-order valence-electron chi connectivity index (χ1n) is 10.6. The molecule has 0 spiro atoms. The standard InChI is InChI=1S/C21H24N4O2S.C2H6O3S/c22-21-25-18(14-28-21)12-20(27)24-17-8-6-15(7-9-17)10-11-23-13-19(26)16-4-2-1-3-5-16;1-2-6(3,4)5/h1-9,14,19,23,26H,10-13H2,(H2,22,25)(H,24,27);2H2,1H3,(H,3,4,5)/t19-;/m0./s1. The van der Waals surface area contributed by atoms with Crippen molar-refractivity contribution in [1.29, 1.82) is 0 Å².